The quantitative estimate of drug-likeness (QED) is 0.462. The predicted octanol–water partition coefficient (Wildman–Crippen LogP) is 0.279. The first kappa shape index (κ1) is 8.80. The molecule has 2 amide bonds. The predicted molar refractivity (Wildman–Crippen MR) is 32.9 cm³/mol. The Balaban J connectivity index is 3.51. The van der Waals surface area contributed by atoms with E-state index in [-0.39, 0.29) is 6.54 Å². The molecule has 0 aliphatic carbocycles. The summed E-state index contributed by atoms with van der Waals surface area (Å²) in [5.41, 5.74) is 0. The molecule has 0 heterocycles. The average Bonchev–Trinajstić information content (AvgIpc) is 1.98. The van der Waals surface area contributed by atoms with Gasteiger partial charge in [0, 0.05) is 13.6 Å². The third-order valence-electron chi connectivity index (χ3n) is 0.787. The van der Waals surface area contributed by atoms with Crippen molar-refractivity contribution in [2.24, 2.45) is 5.29 Å². The molecule has 0 aliphatic heterocycles. The van der Waals surface area contributed by atoms with E-state index in [9.17, 15) is 14.1 Å². The standard InChI is InChI=1S/C4H8FN3O2/c1-8(7-10)4(9)6-3-2-5/h2-3H2,1H3,(H,6,9). The van der Waals surface area contributed by atoms with Crippen molar-refractivity contribution in [1.82, 2.24) is 10.3 Å². The van der Waals surface area contributed by atoms with E-state index in [0.717, 1.165) is 0 Å². The summed E-state index contributed by atoms with van der Waals surface area (Å²) in [4.78, 5) is 20.1. The second-order valence-corrected chi connectivity index (χ2v) is 1.53. The highest BCUT2D eigenvalue weighted by molar-refractivity contribution is 5.73. The fourth-order valence-corrected chi connectivity index (χ4v) is 0.306. The number of amides is 2. The van der Waals surface area contributed by atoms with E-state index in [4.69, 9.17) is 0 Å². The van der Waals surface area contributed by atoms with Crippen LogP contribution in [0.25, 0.3) is 0 Å². The lowest BCUT2D eigenvalue weighted by atomic mass is 10.7. The average molecular weight is 149 g/mol. The summed E-state index contributed by atoms with van der Waals surface area (Å²) in [6.45, 7) is -0.753. The number of carbonyl (C=O) groups excluding carboxylic acids is 1. The van der Waals surface area contributed by atoms with Crippen LogP contribution in [0.5, 0.6) is 0 Å². The number of urea groups is 1. The molecule has 0 aliphatic rings. The van der Waals surface area contributed by atoms with Crippen molar-refractivity contribution in [3.8, 4) is 0 Å². The van der Waals surface area contributed by atoms with Gasteiger partial charge in [0.2, 0.25) is 0 Å². The van der Waals surface area contributed by atoms with Crippen LogP contribution in [-0.4, -0.2) is 31.3 Å². The summed E-state index contributed by atoms with van der Waals surface area (Å²) in [7, 11) is 1.18. The number of rotatable bonds is 3. The summed E-state index contributed by atoms with van der Waals surface area (Å²) in [5.74, 6) is 0. The molecule has 0 radical (unpaired) electrons. The first-order valence-electron chi connectivity index (χ1n) is 2.63. The zero-order valence-corrected chi connectivity index (χ0v) is 5.50. The van der Waals surface area contributed by atoms with E-state index >= 15 is 0 Å². The summed E-state index contributed by atoms with van der Waals surface area (Å²) in [6, 6.07) is -0.701. The maximum Gasteiger partial charge on any atom is 0.340 e. The van der Waals surface area contributed by atoms with Crippen molar-refractivity contribution in [3.63, 3.8) is 0 Å². The minimum absolute atomic E-state index is 0.0985. The number of alkyl halides is 1. The zero-order chi connectivity index (χ0) is 7.98. The first-order chi connectivity index (χ1) is 4.72. The number of hydrogen-bond acceptors (Lipinski definition) is 3. The van der Waals surface area contributed by atoms with Crippen LogP contribution in [0.15, 0.2) is 5.29 Å². The van der Waals surface area contributed by atoms with Gasteiger partial charge in [0.1, 0.15) is 6.67 Å². The van der Waals surface area contributed by atoms with Crippen molar-refractivity contribution in [3.05, 3.63) is 4.91 Å². The molecule has 0 aromatic carbocycles. The topological polar surface area (TPSA) is 61.8 Å². The number of carbonyl (C=O) groups is 1. The van der Waals surface area contributed by atoms with Gasteiger partial charge >= 0.3 is 6.03 Å². The molecule has 0 atom stereocenters. The third-order valence-corrected chi connectivity index (χ3v) is 0.787. The molecule has 0 saturated heterocycles. The highest BCUT2D eigenvalue weighted by Crippen LogP contribution is 1.81. The molecule has 1 N–H and O–H groups in total. The van der Waals surface area contributed by atoms with Crippen LogP contribution in [0.2, 0.25) is 0 Å². The smallest absolute Gasteiger partial charge is 0.334 e. The van der Waals surface area contributed by atoms with Gasteiger partial charge in [-0.25, -0.2) is 9.18 Å². The fraction of sp³-hybridized carbons (Fsp3) is 0.750. The van der Waals surface area contributed by atoms with Gasteiger partial charge in [-0.05, 0) is 0 Å². The van der Waals surface area contributed by atoms with Crippen LogP contribution in [0.1, 0.15) is 0 Å². The number of nitrogens with one attached hydrogen (secondary N) is 1. The lowest BCUT2D eigenvalue weighted by molar-refractivity contribution is 0.209. The Morgan fingerprint density at radius 1 is 1.80 bits per heavy atom. The lowest BCUT2D eigenvalue weighted by Gasteiger charge is -2.05. The molecule has 0 unspecified atom stereocenters. The normalized spacial score (nSPS) is 8.60. The van der Waals surface area contributed by atoms with Crippen LogP contribution in [0, 0.1) is 4.91 Å². The van der Waals surface area contributed by atoms with E-state index in [1.54, 1.807) is 0 Å². The maximum absolute atomic E-state index is 11.4. The fourth-order valence-electron chi connectivity index (χ4n) is 0.306. The Morgan fingerprint density at radius 2 is 2.40 bits per heavy atom. The Labute approximate surface area is 57.1 Å². The van der Waals surface area contributed by atoms with Gasteiger partial charge in [-0.1, -0.05) is 0 Å². The maximum atomic E-state index is 11.4. The molecule has 0 rings (SSSR count). The van der Waals surface area contributed by atoms with Crippen LogP contribution >= 0.6 is 0 Å². The number of nitroso groups, excluding NO2 is 1. The second kappa shape index (κ2) is 4.66. The monoisotopic (exact) mass is 149 g/mol. The van der Waals surface area contributed by atoms with Crippen molar-refractivity contribution < 1.29 is 9.18 Å². The molecule has 0 saturated carbocycles. The Kier molecular flexibility index (Phi) is 4.10. The Hall–Kier alpha value is -1.20. The summed E-state index contributed by atoms with van der Waals surface area (Å²) >= 11 is 0. The summed E-state index contributed by atoms with van der Waals surface area (Å²) < 4.78 is 11.4. The van der Waals surface area contributed by atoms with Gasteiger partial charge in [-0.15, -0.1) is 4.91 Å². The number of halogens is 1. The van der Waals surface area contributed by atoms with Gasteiger partial charge in [-0.2, -0.15) is 5.01 Å². The highest BCUT2D eigenvalue weighted by atomic mass is 19.1. The third kappa shape index (κ3) is 2.95. The molecule has 5 nitrogen and oxygen atoms in total. The molecule has 0 fully saturated rings. The van der Waals surface area contributed by atoms with Gasteiger partial charge in [0.05, 0.1) is 5.29 Å². The lowest BCUT2D eigenvalue weighted by Crippen LogP contribution is -2.34. The van der Waals surface area contributed by atoms with Gasteiger partial charge in [-0.3, -0.25) is 0 Å². The zero-order valence-electron chi connectivity index (χ0n) is 5.50. The minimum atomic E-state index is -0.701. The Morgan fingerprint density at radius 3 is 2.80 bits per heavy atom. The molecule has 0 aromatic rings. The SMILES string of the molecule is CN(N=O)C(=O)NCCF. The van der Waals surface area contributed by atoms with Crippen molar-refractivity contribution in [1.29, 1.82) is 0 Å². The van der Waals surface area contributed by atoms with E-state index in [0.29, 0.717) is 5.01 Å². The van der Waals surface area contributed by atoms with Gasteiger partial charge in [0.25, 0.3) is 0 Å². The minimum Gasteiger partial charge on any atom is -0.334 e. The Bertz CT molecular complexity index is 130. The number of hydrogen-bond donors (Lipinski definition) is 1. The molecular weight excluding hydrogens is 141 g/mol. The van der Waals surface area contributed by atoms with Crippen LogP contribution < -0.4 is 5.32 Å². The molecule has 10 heavy (non-hydrogen) atoms. The van der Waals surface area contributed by atoms with E-state index in [1.807, 2.05) is 0 Å². The van der Waals surface area contributed by atoms with Crippen LogP contribution in [-0.2, 0) is 0 Å². The van der Waals surface area contributed by atoms with Crippen molar-refractivity contribution in [2.45, 2.75) is 0 Å². The molecule has 6 heteroatoms. The molecule has 0 bridgehead atoms. The summed E-state index contributed by atoms with van der Waals surface area (Å²) in [6.07, 6.45) is 0. The second-order valence-electron chi connectivity index (χ2n) is 1.53. The van der Waals surface area contributed by atoms with Crippen LogP contribution in [0.3, 0.4) is 0 Å². The van der Waals surface area contributed by atoms with Gasteiger partial charge in [0.15, 0.2) is 0 Å². The number of nitrogens with zero attached hydrogens (tertiary/aromatic N) is 2. The van der Waals surface area contributed by atoms with E-state index in [2.05, 4.69) is 10.6 Å². The molecule has 0 aromatic heterocycles. The van der Waals surface area contributed by atoms with E-state index < -0.39 is 12.7 Å². The van der Waals surface area contributed by atoms with Crippen molar-refractivity contribution >= 4 is 6.03 Å². The highest BCUT2D eigenvalue weighted by Gasteiger charge is 2.05. The first-order valence-corrected chi connectivity index (χ1v) is 2.63. The summed E-state index contributed by atoms with van der Waals surface area (Å²) in [5, 5.41) is 4.94. The van der Waals surface area contributed by atoms with Crippen LogP contribution in [0.4, 0.5) is 9.18 Å². The van der Waals surface area contributed by atoms with Gasteiger partial charge < -0.3 is 5.32 Å². The van der Waals surface area contributed by atoms with E-state index in [1.165, 1.54) is 7.05 Å². The van der Waals surface area contributed by atoms with Crippen molar-refractivity contribution in [2.75, 3.05) is 20.3 Å². The molecule has 58 valence electrons. The largest absolute Gasteiger partial charge is 0.340 e. The molecular formula is C4H8FN3O2. The molecule has 0 spiro atoms.